The summed E-state index contributed by atoms with van der Waals surface area (Å²) in [5, 5.41) is 16.8. The first-order valence-corrected chi connectivity index (χ1v) is 18.4. The van der Waals surface area contributed by atoms with Crippen molar-refractivity contribution in [1.29, 1.82) is 0 Å². The zero-order valence-corrected chi connectivity index (χ0v) is 28.6. The Morgan fingerprint density at radius 3 is 2.56 bits per heavy atom. The largest absolute Gasteiger partial charge is 0.424 e. The van der Waals surface area contributed by atoms with Crippen molar-refractivity contribution in [3.8, 4) is 35.6 Å². The van der Waals surface area contributed by atoms with Gasteiger partial charge in [-0.25, -0.2) is 0 Å². The fraction of sp³-hybridized carbons (Fsp3) is 0.425. The van der Waals surface area contributed by atoms with Crippen molar-refractivity contribution in [3.63, 3.8) is 0 Å². The molecule has 3 aliphatic carbocycles. The number of rotatable bonds is 7. The molecule has 0 radical (unpaired) electrons. The number of terminal acetylenes is 1. The van der Waals surface area contributed by atoms with Crippen molar-refractivity contribution in [3.05, 3.63) is 71.8 Å². The number of nitrogens with zero attached hydrogens (tertiary/aromatic N) is 4. The van der Waals surface area contributed by atoms with Crippen molar-refractivity contribution in [1.82, 2.24) is 19.5 Å². The molecule has 246 valence electrons. The maximum Gasteiger partial charge on any atom is 0.328 e. The Hall–Kier alpha value is -3.93. The molecule has 0 spiro atoms. The number of ether oxygens (including phenoxy) is 1. The van der Waals surface area contributed by atoms with Crippen LogP contribution in [0.15, 0.2) is 59.6 Å². The smallest absolute Gasteiger partial charge is 0.328 e. The Morgan fingerprint density at radius 1 is 1.02 bits per heavy atom. The van der Waals surface area contributed by atoms with Crippen molar-refractivity contribution in [2.24, 2.45) is 17.3 Å². The average molecular weight is 661 g/mol. The van der Waals surface area contributed by atoms with Crippen LogP contribution in [-0.2, 0) is 13.0 Å². The van der Waals surface area contributed by atoms with Crippen molar-refractivity contribution in [2.75, 3.05) is 5.75 Å². The Kier molecular flexibility index (Phi) is 7.76. The lowest BCUT2D eigenvalue weighted by molar-refractivity contribution is -0.0646. The highest BCUT2D eigenvalue weighted by molar-refractivity contribution is 7.99. The SMILES string of the molecule is C#CC1(O)CCC2C3CCc4cc(Oc5nc(F)nc(-c6c7cc8ccccc8cc7c(SCC)n6CCC)n5)ccc4C3CCC21C. The van der Waals surface area contributed by atoms with E-state index in [9.17, 15) is 5.11 Å². The third kappa shape index (κ3) is 4.84. The Bertz CT molecular complexity index is 2110. The number of fused-ring (bicyclic) bond motifs is 7. The summed E-state index contributed by atoms with van der Waals surface area (Å²) in [6.45, 7) is 7.25. The number of hydrogen-bond acceptors (Lipinski definition) is 6. The van der Waals surface area contributed by atoms with E-state index in [0.717, 1.165) is 83.1 Å². The molecule has 0 saturated heterocycles. The van der Waals surface area contributed by atoms with Gasteiger partial charge in [-0.05, 0) is 115 Å². The minimum Gasteiger partial charge on any atom is -0.424 e. The number of hydrogen-bond donors (Lipinski definition) is 1. The summed E-state index contributed by atoms with van der Waals surface area (Å²) >= 11 is 1.78. The van der Waals surface area contributed by atoms with Gasteiger partial charge >= 0.3 is 12.1 Å². The minimum atomic E-state index is -1.01. The zero-order valence-electron chi connectivity index (χ0n) is 27.8. The van der Waals surface area contributed by atoms with Crippen LogP contribution in [0.2, 0.25) is 0 Å². The predicted octanol–water partition coefficient (Wildman–Crippen LogP) is 9.32. The van der Waals surface area contributed by atoms with E-state index < -0.39 is 11.7 Å². The molecule has 0 amide bonds. The van der Waals surface area contributed by atoms with Gasteiger partial charge in [0, 0.05) is 22.7 Å². The molecule has 1 N–H and O–H groups in total. The molecule has 3 aromatic carbocycles. The number of benzene rings is 3. The standard InChI is InChI=1S/C40H41FN4O2S/c1-5-20-45-34(31-22-24-10-8-9-11-25(24)23-32(31)36(45)48-7-3)35-42-37(41)44-38(43-35)47-27-13-15-28-26(21-27)12-14-30-29(28)16-18-39(4)33(30)17-19-40(39,46)6-2/h2,8-11,13,15,21-23,29-30,33,46H,5,7,12,14,16-20H2,1,3-4H3. The molecular weight excluding hydrogens is 620 g/mol. The van der Waals surface area contributed by atoms with Gasteiger partial charge in [0.15, 0.2) is 5.82 Å². The highest BCUT2D eigenvalue weighted by atomic mass is 32.2. The summed E-state index contributed by atoms with van der Waals surface area (Å²) in [6.07, 6.45) is 11.5. The normalized spacial score (nSPS) is 26.2. The number of aryl methyl sites for hydroxylation is 1. The summed E-state index contributed by atoms with van der Waals surface area (Å²) < 4.78 is 23.7. The van der Waals surface area contributed by atoms with E-state index in [2.05, 4.69) is 83.7 Å². The second-order valence-corrected chi connectivity index (χ2v) is 15.3. The van der Waals surface area contributed by atoms with Gasteiger partial charge in [-0.3, -0.25) is 0 Å². The van der Waals surface area contributed by atoms with Crippen LogP contribution in [0.25, 0.3) is 33.1 Å². The molecule has 2 aromatic heterocycles. The lowest BCUT2D eigenvalue weighted by Gasteiger charge is -2.52. The monoisotopic (exact) mass is 660 g/mol. The zero-order chi connectivity index (χ0) is 33.2. The maximum absolute atomic E-state index is 15.2. The van der Waals surface area contributed by atoms with Gasteiger partial charge in [-0.2, -0.15) is 14.4 Å². The molecule has 2 fully saturated rings. The fourth-order valence-electron chi connectivity index (χ4n) is 9.44. The quantitative estimate of drug-likeness (QED) is 0.139. The molecule has 48 heavy (non-hydrogen) atoms. The molecule has 0 bridgehead atoms. The first-order valence-electron chi connectivity index (χ1n) is 17.4. The van der Waals surface area contributed by atoms with Crippen LogP contribution in [0.3, 0.4) is 0 Å². The lowest BCUT2D eigenvalue weighted by atomic mass is 9.53. The van der Waals surface area contributed by atoms with E-state index in [1.807, 2.05) is 12.1 Å². The van der Waals surface area contributed by atoms with E-state index in [1.165, 1.54) is 11.1 Å². The van der Waals surface area contributed by atoms with Gasteiger partial charge in [0.2, 0.25) is 0 Å². The minimum absolute atomic E-state index is 0.0537. The number of aromatic nitrogens is 4. The van der Waals surface area contributed by atoms with Crippen LogP contribution >= 0.6 is 11.8 Å². The van der Waals surface area contributed by atoms with Crippen molar-refractivity contribution >= 4 is 33.3 Å². The van der Waals surface area contributed by atoms with Crippen LogP contribution in [0.1, 0.15) is 76.3 Å². The third-order valence-corrected chi connectivity index (χ3v) is 12.7. The first kappa shape index (κ1) is 31.3. The number of thioether (sulfide) groups is 1. The number of aliphatic hydroxyl groups is 1. The molecule has 6 nitrogen and oxygen atoms in total. The second kappa shape index (κ2) is 11.9. The summed E-state index contributed by atoms with van der Waals surface area (Å²) in [6, 6.07) is 18.8. The summed E-state index contributed by atoms with van der Waals surface area (Å²) in [4.78, 5) is 12.9. The fourth-order valence-corrected chi connectivity index (χ4v) is 10.4. The third-order valence-electron chi connectivity index (χ3n) is 11.7. The van der Waals surface area contributed by atoms with Gasteiger partial charge < -0.3 is 14.4 Å². The van der Waals surface area contributed by atoms with E-state index >= 15 is 4.39 Å². The molecule has 8 rings (SSSR count). The van der Waals surface area contributed by atoms with Gasteiger partial charge in [-0.15, -0.1) is 23.2 Å². The molecule has 0 aliphatic heterocycles. The Morgan fingerprint density at radius 2 is 1.81 bits per heavy atom. The molecule has 5 unspecified atom stereocenters. The maximum atomic E-state index is 15.2. The Labute approximate surface area is 285 Å². The van der Waals surface area contributed by atoms with E-state index in [0.29, 0.717) is 29.9 Å². The predicted molar refractivity (Wildman–Crippen MR) is 190 cm³/mol. The topological polar surface area (TPSA) is 73.1 Å². The molecule has 2 heterocycles. The van der Waals surface area contributed by atoms with Crippen LogP contribution in [0, 0.1) is 35.7 Å². The average Bonchev–Trinajstić information content (AvgIpc) is 3.53. The van der Waals surface area contributed by atoms with Crippen molar-refractivity contribution in [2.45, 2.75) is 88.8 Å². The van der Waals surface area contributed by atoms with Crippen LogP contribution in [0.5, 0.6) is 11.8 Å². The first-order chi connectivity index (χ1) is 23.3. The molecule has 5 atom stereocenters. The molecule has 3 aliphatic rings. The molecular formula is C40H41FN4O2S. The van der Waals surface area contributed by atoms with Crippen LogP contribution in [-0.4, -0.2) is 36.0 Å². The summed E-state index contributed by atoms with van der Waals surface area (Å²) in [5.41, 5.74) is 2.16. The lowest BCUT2D eigenvalue weighted by Crippen LogP contribution is -2.50. The van der Waals surface area contributed by atoms with Crippen LogP contribution in [0.4, 0.5) is 4.39 Å². The molecule has 5 aromatic rings. The van der Waals surface area contributed by atoms with E-state index in [4.69, 9.17) is 16.1 Å². The number of halogens is 1. The summed E-state index contributed by atoms with van der Waals surface area (Å²) in [7, 11) is 0. The highest BCUT2D eigenvalue weighted by Crippen LogP contribution is 2.64. The second-order valence-electron chi connectivity index (χ2n) is 14.1. The Balaban J connectivity index is 1.13. The van der Waals surface area contributed by atoms with Gasteiger partial charge in [0.05, 0.1) is 10.7 Å². The van der Waals surface area contributed by atoms with Gasteiger partial charge in [0.25, 0.3) is 0 Å². The molecule has 2 saturated carbocycles. The van der Waals surface area contributed by atoms with Gasteiger partial charge in [0.1, 0.15) is 11.4 Å². The van der Waals surface area contributed by atoms with E-state index in [-0.39, 0.29) is 17.2 Å². The summed E-state index contributed by atoms with van der Waals surface area (Å²) in [5.74, 6) is 5.90. The van der Waals surface area contributed by atoms with Crippen molar-refractivity contribution < 1.29 is 14.2 Å². The highest BCUT2D eigenvalue weighted by Gasteiger charge is 2.61. The van der Waals surface area contributed by atoms with Gasteiger partial charge in [-0.1, -0.05) is 57.0 Å². The molecule has 8 heteroatoms. The van der Waals surface area contributed by atoms with Crippen LogP contribution < -0.4 is 4.74 Å². The van der Waals surface area contributed by atoms with E-state index in [1.54, 1.807) is 11.8 Å².